The Bertz CT molecular complexity index is 1880. The molecule has 56 heavy (non-hydrogen) atoms. The average molecular weight is 771 g/mol. The molecule has 5 N–H and O–H groups in total. The quantitative estimate of drug-likeness (QED) is 0.113. The van der Waals surface area contributed by atoms with E-state index in [1.165, 1.54) is 0 Å². The van der Waals surface area contributed by atoms with Crippen LogP contribution in [0.2, 0.25) is 0 Å². The summed E-state index contributed by atoms with van der Waals surface area (Å²) < 4.78 is 26.4. The van der Waals surface area contributed by atoms with E-state index >= 15 is 0 Å². The maximum absolute atomic E-state index is 14.8. The summed E-state index contributed by atoms with van der Waals surface area (Å²) in [5.41, 5.74) is 6.30. The highest BCUT2D eigenvalue weighted by Crippen LogP contribution is 2.32. The molecular formula is C44H59FN6O5. The third kappa shape index (κ3) is 10.9. The van der Waals surface area contributed by atoms with Crippen LogP contribution in [-0.2, 0) is 17.6 Å². The number of carbonyl (C=O) groups excluding carboxylic acids is 2. The number of halogens is 1. The zero-order chi connectivity index (χ0) is 40.4. The van der Waals surface area contributed by atoms with Crippen LogP contribution in [0.3, 0.4) is 0 Å². The van der Waals surface area contributed by atoms with Gasteiger partial charge >= 0.3 is 0 Å². The smallest absolute Gasteiger partial charge is 0.251 e. The molecule has 2 aliphatic heterocycles. The molecule has 1 saturated heterocycles. The van der Waals surface area contributed by atoms with Crippen molar-refractivity contribution in [1.29, 1.82) is 0 Å². The fourth-order valence-corrected chi connectivity index (χ4v) is 7.60. The number of benzene rings is 3. The van der Waals surface area contributed by atoms with Crippen molar-refractivity contribution in [3.8, 4) is 23.3 Å². The minimum Gasteiger partial charge on any atom is -0.495 e. The van der Waals surface area contributed by atoms with Gasteiger partial charge in [-0.1, -0.05) is 50.8 Å². The van der Waals surface area contributed by atoms with Gasteiger partial charge in [0.2, 0.25) is 5.91 Å². The standard InChI is InChI=1S/C44H59FN6O5/c1-28(2)42-44(54)48-33(27-52)23-31-13-15-34(25-40(31)51(42)6)56-21-19-47-43(53)32-14-16-41(55-7)39(24-32)46-18-9-10-29(3)22-35-30(4)11-8-12-37(35)49-38-17-20-50(5)26-36(38)45/h8,11-16,24-25,28-29,33,36,38,42,46,49,52H,17-23,26-27H2,1-7H3,(H,47,53)(H,48,54)/t29?,33-,36-,38+,42-/m0/s1. The van der Waals surface area contributed by atoms with Gasteiger partial charge in [0.1, 0.15) is 30.3 Å². The van der Waals surface area contributed by atoms with Crippen molar-refractivity contribution >= 4 is 28.9 Å². The van der Waals surface area contributed by atoms with Crippen LogP contribution in [0, 0.1) is 30.6 Å². The lowest BCUT2D eigenvalue weighted by Gasteiger charge is -2.37. The number of methoxy groups -OCH3 is 1. The molecule has 0 radical (unpaired) electrons. The number of piperidine rings is 1. The average Bonchev–Trinajstić information content (AvgIpc) is 3.16. The number of fused-ring (bicyclic) bond motifs is 1. The molecule has 0 aromatic heterocycles. The molecule has 1 unspecified atom stereocenters. The second-order valence-corrected chi connectivity index (χ2v) is 15.4. The molecule has 0 saturated carbocycles. The number of aryl methyl sites for hydroxylation is 1. The number of likely N-dealkylation sites (tertiary alicyclic amines) is 1. The van der Waals surface area contributed by atoms with E-state index in [1.54, 1.807) is 25.3 Å². The largest absolute Gasteiger partial charge is 0.495 e. The third-order valence-corrected chi connectivity index (χ3v) is 10.6. The number of hydrogen-bond donors (Lipinski definition) is 5. The summed E-state index contributed by atoms with van der Waals surface area (Å²) in [7, 11) is 5.44. The lowest BCUT2D eigenvalue weighted by molar-refractivity contribution is -0.124. The van der Waals surface area contributed by atoms with Crippen LogP contribution in [0.1, 0.15) is 54.2 Å². The third-order valence-electron chi connectivity index (χ3n) is 10.6. The van der Waals surface area contributed by atoms with Gasteiger partial charge in [0.15, 0.2) is 0 Å². The molecule has 12 heteroatoms. The summed E-state index contributed by atoms with van der Waals surface area (Å²) in [5.74, 6) is 7.55. The Morgan fingerprint density at radius 2 is 1.91 bits per heavy atom. The number of carbonyl (C=O) groups is 2. The first kappa shape index (κ1) is 42.2. The number of nitrogens with one attached hydrogen (secondary N) is 4. The molecular weight excluding hydrogens is 712 g/mol. The van der Waals surface area contributed by atoms with Gasteiger partial charge in [-0.2, -0.15) is 0 Å². The van der Waals surface area contributed by atoms with Crippen molar-refractivity contribution in [1.82, 2.24) is 15.5 Å². The Kier molecular flexibility index (Phi) is 14.9. The molecule has 2 aliphatic rings. The molecule has 5 rings (SSSR count). The Morgan fingerprint density at radius 1 is 1.11 bits per heavy atom. The van der Waals surface area contributed by atoms with Gasteiger partial charge in [-0.15, -0.1) is 0 Å². The highest BCUT2D eigenvalue weighted by Gasteiger charge is 2.32. The van der Waals surface area contributed by atoms with E-state index < -0.39 is 12.2 Å². The number of rotatable bonds is 14. The van der Waals surface area contributed by atoms with Crippen LogP contribution < -0.4 is 35.6 Å². The number of nitrogens with zero attached hydrogens (tertiary/aromatic N) is 2. The first-order chi connectivity index (χ1) is 26.9. The summed E-state index contributed by atoms with van der Waals surface area (Å²) >= 11 is 0. The number of aliphatic hydroxyl groups is 1. The second kappa shape index (κ2) is 19.7. The van der Waals surface area contributed by atoms with Crippen LogP contribution in [0.4, 0.5) is 21.5 Å². The Labute approximate surface area is 331 Å². The predicted octanol–water partition coefficient (Wildman–Crippen LogP) is 5.05. The number of ether oxygens (including phenoxy) is 2. The summed E-state index contributed by atoms with van der Waals surface area (Å²) in [6.45, 7) is 10.2. The number of hydrogen-bond acceptors (Lipinski definition) is 9. The fraction of sp³-hybridized carbons (Fsp3) is 0.500. The topological polar surface area (TPSA) is 127 Å². The van der Waals surface area contributed by atoms with Crippen LogP contribution in [0.15, 0.2) is 54.6 Å². The van der Waals surface area contributed by atoms with Gasteiger partial charge in [-0.05, 0) is 86.2 Å². The van der Waals surface area contributed by atoms with Crippen molar-refractivity contribution in [2.24, 2.45) is 11.8 Å². The van der Waals surface area contributed by atoms with Crippen LogP contribution in [0.25, 0.3) is 0 Å². The van der Waals surface area contributed by atoms with Gasteiger partial charge < -0.3 is 45.6 Å². The van der Waals surface area contributed by atoms with Crippen molar-refractivity contribution < 1.29 is 28.6 Å². The highest BCUT2D eigenvalue weighted by molar-refractivity contribution is 5.95. The van der Waals surface area contributed by atoms with E-state index in [4.69, 9.17) is 9.47 Å². The Balaban J connectivity index is 1.14. The SMILES string of the molecule is COc1ccc(C(=O)NCCOc2ccc3c(c2)N(C)[C@@H](C(C)C)C(=O)N[C@H](CO)C3)cc1NCC#CC(C)Cc1c(C)cccc1N[C@@H]1CCN(C)C[C@@H]1F. The van der Waals surface area contributed by atoms with E-state index in [1.807, 2.05) is 68.1 Å². The van der Waals surface area contributed by atoms with E-state index in [0.717, 1.165) is 47.5 Å². The van der Waals surface area contributed by atoms with Gasteiger partial charge in [0, 0.05) is 49.1 Å². The molecule has 2 amide bonds. The van der Waals surface area contributed by atoms with E-state index in [9.17, 15) is 19.1 Å². The molecule has 0 aliphatic carbocycles. The molecule has 11 nitrogen and oxygen atoms in total. The van der Waals surface area contributed by atoms with Gasteiger partial charge in [-0.3, -0.25) is 9.59 Å². The normalized spacial score (nSPS) is 20.4. The molecule has 0 spiro atoms. The molecule has 5 atom stereocenters. The lowest BCUT2D eigenvalue weighted by atomic mass is 9.94. The van der Waals surface area contributed by atoms with Crippen LogP contribution in [-0.4, -0.2) is 107 Å². The highest BCUT2D eigenvalue weighted by atomic mass is 19.1. The van der Waals surface area contributed by atoms with Crippen LogP contribution in [0.5, 0.6) is 11.5 Å². The van der Waals surface area contributed by atoms with E-state index in [2.05, 4.69) is 53.0 Å². The number of likely N-dealkylation sites (N-methyl/N-ethyl adjacent to an activating group) is 1. The fourth-order valence-electron chi connectivity index (χ4n) is 7.60. The monoisotopic (exact) mass is 770 g/mol. The minimum absolute atomic E-state index is 0.0460. The first-order valence-corrected chi connectivity index (χ1v) is 19.6. The van der Waals surface area contributed by atoms with Crippen molar-refractivity contribution in [3.05, 3.63) is 76.9 Å². The second-order valence-electron chi connectivity index (χ2n) is 15.4. The molecule has 0 bridgehead atoms. The van der Waals surface area contributed by atoms with Crippen molar-refractivity contribution in [3.63, 3.8) is 0 Å². The predicted molar refractivity (Wildman–Crippen MR) is 222 cm³/mol. The van der Waals surface area contributed by atoms with Gasteiger partial charge in [0.25, 0.3) is 5.91 Å². The minimum atomic E-state index is -0.918. The lowest BCUT2D eigenvalue weighted by Crippen LogP contribution is -2.54. The maximum atomic E-state index is 14.8. The first-order valence-electron chi connectivity index (χ1n) is 19.6. The van der Waals surface area contributed by atoms with E-state index in [-0.39, 0.29) is 55.5 Å². The van der Waals surface area contributed by atoms with Gasteiger partial charge in [-0.25, -0.2) is 4.39 Å². The number of aliphatic hydroxyl groups excluding tert-OH is 1. The molecule has 3 aromatic rings. The van der Waals surface area contributed by atoms with E-state index in [0.29, 0.717) is 42.3 Å². The summed E-state index contributed by atoms with van der Waals surface area (Å²) in [6.07, 6.45) is 1.08. The maximum Gasteiger partial charge on any atom is 0.251 e. The number of amides is 2. The molecule has 3 aromatic carbocycles. The summed E-state index contributed by atoms with van der Waals surface area (Å²) in [5, 5.41) is 22.6. The Hall–Kier alpha value is -4.99. The zero-order valence-electron chi connectivity index (χ0n) is 33.9. The van der Waals surface area contributed by atoms with Crippen LogP contribution >= 0.6 is 0 Å². The Morgan fingerprint density at radius 3 is 2.64 bits per heavy atom. The number of alkyl halides is 1. The zero-order valence-corrected chi connectivity index (χ0v) is 33.9. The van der Waals surface area contributed by atoms with Gasteiger partial charge in [0.05, 0.1) is 44.6 Å². The van der Waals surface area contributed by atoms with Crippen molar-refractivity contribution in [2.75, 3.05) is 76.1 Å². The molecule has 2 heterocycles. The molecule has 302 valence electrons. The number of anilines is 3. The molecule has 1 fully saturated rings. The summed E-state index contributed by atoms with van der Waals surface area (Å²) in [4.78, 5) is 30.2. The van der Waals surface area contributed by atoms with Crippen molar-refractivity contribution in [2.45, 2.75) is 71.3 Å². The summed E-state index contributed by atoms with van der Waals surface area (Å²) in [6, 6.07) is 16.1.